The quantitative estimate of drug-likeness (QED) is 0.140. The van der Waals surface area contributed by atoms with Gasteiger partial charge in [0.25, 0.3) is 0 Å². The van der Waals surface area contributed by atoms with E-state index in [0.29, 0.717) is 23.3 Å². The Hall–Kier alpha value is -5.05. The second-order valence-electron chi connectivity index (χ2n) is 13.6. The first-order chi connectivity index (χ1) is 23.4. The monoisotopic (exact) mass is 662 g/mol. The Balaban J connectivity index is 1.62. The number of ketones is 1. The molecule has 0 aromatic carbocycles. The number of rotatable bonds is 8. The molecule has 2 aliphatic heterocycles. The Morgan fingerprint density at radius 2 is 1.67 bits per heavy atom. The Kier molecular flexibility index (Phi) is 9.05. The number of methoxy groups -OCH3 is 1. The molecular weight excluding hydrogens is 616 g/mol. The molecule has 9 heteroatoms. The minimum absolute atomic E-state index is 0.0782. The molecule has 8 bridgehead atoms. The van der Waals surface area contributed by atoms with Crippen LogP contribution in [-0.2, 0) is 25.5 Å². The summed E-state index contributed by atoms with van der Waals surface area (Å²) >= 11 is 0. The molecule has 0 spiro atoms. The summed E-state index contributed by atoms with van der Waals surface area (Å²) in [5, 5.41) is 5.60. The zero-order valence-corrected chi connectivity index (χ0v) is 29.7. The summed E-state index contributed by atoms with van der Waals surface area (Å²) in [4.78, 5) is 51.3. The topological polar surface area (TPSA) is 129 Å². The average Bonchev–Trinajstić information content (AvgIpc) is 3.80. The van der Waals surface area contributed by atoms with Crippen LogP contribution in [0.15, 0.2) is 29.6 Å². The van der Waals surface area contributed by atoms with Gasteiger partial charge in [-0.15, -0.1) is 0 Å². The molecule has 49 heavy (non-hydrogen) atoms. The van der Waals surface area contributed by atoms with Crippen LogP contribution in [0.4, 0.5) is 0 Å². The Bertz CT molecular complexity index is 2130. The number of aromatic amines is 3. The molecule has 3 aromatic rings. The van der Waals surface area contributed by atoms with Crippen LogP contribution in [0.5, 0.6) is 0 Å². The van der Waals surface area contributed by atoms with Gasteiger partial charge in [0.05, 0.1) is 12.8 Å². The lowest BCUT2D eigenvalue weighted by Crippen LogP contribution is -2.25. The van der Waals surface area contributed by atoms with Crippen LogP contribution in [0.2, 0.25) is 0 Å². The first-order valence-electron chi connectivity index (χ1n) is 17.0. The third-order valence-electron chi connectivity index (χ3n) is 10.5. The molecule has 1 saturated heterocycles. The van der Waals surface area contributed by atoms with E-state index < -0.39 is 11.9 Å². The number of hydrogen-bond donors (Lipinski definition) is 4. The molecule has 0 saturated carbocycles. The van der Waals surface area contributed by atoms with Crippen LogP contribution in [0.25, 0.3) is 29.9 Å². The van der Waals surface area contributed by atoms with E-state index in [9.17, 15) is 14.4 Å². The van der Waals surface area contributed by atoms with Gasteiger partial charge in [-0.3, -0.25) is 14.4 Å². The van der Waals surface area contributed by atoms with Gasteiger partial charge in [0.15, 0.2) is 5.78 Å². The zero-order valence-electron chi connectivity index (χ0n) is 29.7. The molecule has 4 N–H and O–H groups in total. The number of carbonyl (C=O) groups excluding carboxylic acids is 3. The molecule has 5 heterocycles. The van der Waals surface area contributed by atoms with E-state index in [2.05, 4.69) is 72.8 Å². The lowest BCUT2D eigenvalue weighted by molar-refractivity contribution is -0.143. The first kappa shape index (κ1) is 33.8. The molecular formula is C40H46N4O5. The van der Waals surface area contributed by atoms with E-state index in [1.807, 2.05) is 32.9 Å². The van der Waals surface area contributed by atoms with Crippen LogP contribution in [0.3, 0.4) is 0 Å². The number of ether oxygens (including phenoxy) is 2. The fourth-order valence-corrected chi connectivity index (χ4v) is 7.65. The van der Waals surface area contributed by atoms with Crippen molar-refractivity contribution < 1.29 is 23.9 Å². The maximum Gasteiger partial charge on any atom is 0.321 e. The molecule has 0 radical (unpaired) electrons. The highest BCUT2D eigenvalue weighted by Crippen LogP contribution is 2.48. The summed E-state index contributed by atoms with van der Waals surface area (Å²) in [5.41, 5.74) is 12.2. The van der Waals surface area contributed by atoms with E-state index in [0.717, 1.165) is 73.4 Å². The minimum Gasteiger partial charge on any atom is -0.468 e. The number of H-pyrrole nitrogens is 3. The van der Waals surface area contributed by atoms with Gasteiger partial charge in [0, 0.05) is 74.1 Å². The molecule has 1 aliphatic carbocycles. The molecule has 3 atom stereocenters. The maximum absolute atomic E-state index is 14.2. The third-order valence-corrected chi connectivity index (χ3v) is 10.5. The fraction of sp³-hybridized carbons (Fsp3) is 0.375. The molecule has 0 unspecified atom stereocenters. The van der Waals surface area contributed by atoms with Gasteiger partial charge in [-0.25, -0.2) is 0 Å². The number of carbonyl (C=O) groups is 3. The number of Topliss-reactive ketones (excluding diaryl/α,β-unsaturated/α-hetero) is 1. The lowest BCUT2D eigenvalue weighted by Gasteiger charge is -2.19. The summed E-state index contributed by atoms with van der Waals surface area (Å²) in [6.45, 7) is 18.6. The standard InChI is InChI=1S/C40H46N4O5/c1-10-24-20(5)27-16-29-22(7)26(12-13-33(45)49-15-14-19(3)4)37(43-29)35-36(40(47)48-9)39(46)34-23(8)30(44-38(34)35)18-32-25(11-2)21(6)28(42-32)17-31(24)41-27/h10,14,16-18,22,26,36,41-44H,1,11-13,15H2,2-9H3/b28-17-,29-16-,32-18-,37-35-/t22-,26-,36+/m0/s1. The Morgan fingerprint density at radius 3 is 2.35 bits per heavy atom. The SMILES string of the molecule is C=Cc1c2[nH]c(c1C)/C=C1\N/C(=C3\c4[nH]c(c(C)c4C(=O)[C@@H]3C(=O)OC)/C=c3\[nH]/c(c(C)c3CC)=C\2)[C@@H](CCC(=O)OCC=C(C)C)[C@@H]1C. The maximum atomic E-state index is 14.2. The van der Waals surface area contributed by atoms with E-state index in [1.165, 1.54) is 12.7 Å². The van der Waals surface area contributed by atoms with Crippen molar-refractivity contribution in [2.75, 3.05) is 13.7 Å². The highest BCUT2D eigenvalue weighted by atomic mass is 16.5. The smallest absolute Gasteiger partial charge is 0.321 e. The molecule has 6 rings (SSSR count). The minimum atomic E-state index is -1.13. The van der Waals surface area contributed by atoms with Gasteiger partial charge in [-0.2, -0.15) is 0 Å². The van der Waals surface area contributed by atoms with Crippen molar-refractivity contribution >= 4 is 47.6 Å². The van der Waals surface area contributed by atoms with E-state index >= 15 is 0 Å². The molecule has 9 nitrogen and oxygen atoms in total. The number of esters is 2. The van der Waals surface area contributed by atoms with E-state index in [-0.39, 0.29) is 36.6 Å². The van der Waals surface area contributed by atoms with Crippen molar-refractivity contribution in [3.8, 4) is 0 Å². The third kappa shape index (κ3) is 5.75. The first-order valence-corrected chi connectivity index (χ1v) is 17.0. The van der Waals surface area contributed by atoms with Crippen molar-refractivity contribution in [1.29, 1.82) is 0 Å². The zero-order chi connectivity index (χ0) is 35.3. The summed E-state index contributed by atoms with van der Waals surface area (Å²) in [6.07, 6.45) is 11.5. The van der Waals surface area contributed by atoms with Crippen LogP contribution in [0, 0.1) is 38.5 Å². The average molecular weight is 663 g/mol. The number of aromatic nitrogens is 3. The van der Waals surface area contributed by atoms with Crippen molar-refractivity contribution in [1.82, 2.24) is 20.3 Å². The largest absolute Gasteiger partial charge is 0.468 e. The highest BCUT2D eigenvalue weighted by Gasteiger charge is 2.48. The van der Waals surface area contributed by atoms with E-state index in [1.54, 1.807) is 0 Å². The van der Waals surface area contributed by atoms with Crippen LogP contribution in [-0.4, -0.2) is 46.4 Å². The van der Waals surface area contributed by atoms with Crippen LogP contribution < -0.4 is 16.0 Å². The van der Waals surface area contributed by atoms with Gasteiger partial charge < -0.3 is 29.7 Å². The number of nitrogens with one attached hydrogen (secondary N) is 4. The molecule has 256 valence electrons. The van der Waals surface area contributed by atoms with Gasteiger partial charge >= 0.3 is 11.9 Å². The molecule has 3 aromatic heterocycles. The number of allylic oxidation sites excluding steroid dienone is 3. The lowest BCUT2D eigenvalue weighted by atomic mass is 9.85. The van der Waals surface area contributed by atoms with Gasteiger partial charge in [-0.05, 0) is 94.0 Å². The summed E-state index contributed by atoms with van der Waals surface area (Å²) in [5.74, 6) is -2.63. The molecule has 1 fully saturated rings. The van der Waals surface area contributed by atoms with Gasteiger partial charge in [0.2, 0.25) is 0 Å². The molecule has 3 aliphatic rings. The fourth-order valence-electron chi connectivity index (χ4n) is 7.65. The Labute approximate surface area is 286 Å². The second-order valence-corrected chi connectivity index (χ2v) is 13.6. The van der Waals surface area contributed by atoms with Crippen molar-refractivity contribution in [3.05, 3.63) is 96.5 Å². The Morgan fingerprint density at radius 1 is 0.959 bits per heavy atom. The van der Waals surface area contributed by atoms with Crippen LogP contribution in [0.1, 0.15) is 101 Å². The number of hydrogen-bond acceptors (Lipinski definition) is 6. The van der Waals surface area contributed by atoms with E-state index in [4.69, 9.17) is 9.47 Å². The van der Waals surface area contributed by atoms with Crippen molar-refractivity contribution in [2.45, 2.75) is 67.7 Å². The van der Waals surface area contributed by atoms with Crippen molar-refractivity contribution in [3.63, 3.8) is 0 Å². The van der Waals surface area contributed by atoms with Gasteiger partial charge in [0.1, 0.15) is 12.5 Å². The van der Waals surface area contributed by atoms with Gasteiger partial charge in [-0.1, -0.05) is 32.1 Å². The predicted molar refractivity (Wildman–Crippen MR) is 193 cm³/mol. The summed E-state index contributed by atoms with van der Waals surface area (Å²) in [6, 6.07) is 0. The van der Waals surface area contributed by atoms with Crippen LogP contribution >= 0.6 is 0 Å². The molecule has 0 amide bonds. The van der Waals surface area contributed by atoms with Crippen molar-refractivity contribution in [2.24, 2.45) is 17.8 Å². The summed E-state index contributed by atoms with van der Waals surface area (Å²) in [7, 11) is 1.31. The highest BCUT2D eigenvalue weighted by molar-refractivity contribution is 6.24. The normalized spacial score (nSPS) is 23.1. The summed E-state index contributed by atoms with van der Waals surface area (Å²) < 4.78 is 10.7. The number of fused-ring (bicyclic) bond motifs is 7. The second kappa shape index (κ2) is 13.1. The predicted octanol–water partition coefficient (Wildman–Crippen LogP) is 5.66.